The molecule has 2 aromatic carbocycles. The second-order valence-electron chi connectivity index (χ2n) is 8.65. The van der Waals surface area contributed by atoms with E-state index in [9.17, 15) is 19.2 Å². The summed E-state index contributed by atoms with van der Waals surface area (Å²) in [5, 5.41) is 0. The van der Waals surface area contributed by atoms with Crippen LogP contribution < -0.4 is 0 Å². The van der Waals surface area contributed by atoms with E-state index in [4.69, 9.17) is 4.74 Å². The number of rotatable bonds is 6. The van der Waals surface area contributed by atoms with E-state index in [1.54, 1.807) is 69.3 Å². The lowest BCUT2D eigenvalue weighted by atomic mass is 9.85. The van der Waals surface area contributed by atoms with E-state index in [0.29, 0.717) is 11.1 Å². The largest absolute Gasteiger partial charge is 0.443 e. The van der Waals surface area contributed by atoms with Gasteiger partial charge in [0.25, 0.3) is 5.91 Å². The number of amides is 2. The maximum Gasteiger partial charge on any atom is 0.417 e. The number of Topliss-reactive ketones (excluding diaryl/α,β-unsaturated/α-hetero) is 2. The average Bonchev–Trinajstić information content (AvgIpc) is 3.12. The highest BCUT2D eigenvalue weighted by atomic mass is 79.9. The number of carbonyl (C=O) groups is 4. The molecule has 1 aliphatic rings. The second kappa shape index (κ2) is 10.1. The van der Waals surface area contributed by atoms with Crippen molar-refractivity contribution in [2.75, 3.05) is 0 Å². The van der Waals surface area contributed by atoms with E-state index in [1.807, 2.05) is 0 Å². The van der Waals surface area contributed by atoms with Gasteiger partial charge in [-0.25, -0.2) is 9.69 Å². The molecule has 0 aromatic heterocycles. The monoisotopic (exact) mass is 575 g/mol. The quantitative estimate of drug-likeness (QED) is 0.395. The molecule has 6 nitrogen and oxygen atoms in total. The van der Waals surface area contributed by atoms with E-state index in [2.05, 4.69) is 31.9 Å². The third kappa shape index (κ3) is 6.26. The molecular weight excluding hydrogens is 554 g/mol. The Morgan fingerprint density at radius 1 is 0.939 bits per heavy atom. The Bertz CT molecular complexity index is 1100. The lowest BCUT2D eigenvalue weighted by Crippen LogP contribution is -2.48. The zero-order valence-electron chi connectivity index (χ0n) is 18.4. The maximum atomic E-state index is 13.5. The van der Waals surface area contributed by atoms with Gasteiger partial charge in [-0.2, -0.15) is 0 Å². The molecule has 1 heterocycles. The van der Waals surface area contributed by atoms with Crippen LogP contribution in [0.5, 0.6) is 0 Å². The fourth-order valence-electron chi connectivity index (χ4n) is 3.48. The standard InChI is InChI=1S/C25H23Br2NO5/c1-25(2,3)33-24(32)28-20(12-13-22(28)30)19(23(31)16-6-10-18(27)11-7-16)14-21(29)15-4-8-17(26)9-5-15/h4-13,19-20H,14H2,1-3H3/t19-,20-/m1/s1. The van der Waals surface area contributed by atoms with E-state index >= 15 is 0 Å². The van der Waals surface area contributed by atoms with E-state index < -0.39 is 29.6 Å². The first kappa shape index (κ1) is 25.1. The number of imide groups is 1. The van der Waals surface area contributed by atoms with Crippen LogP contribution in [0.4, 0.5) is 4.79 Å². The minimum absolute atomic E-state index is 0.182. The maximum absolute atomic E-state index is 13.5. The number of carbonyl (C=O) groups excluding carboxylic acids is 4. The van der Waals surface area contributed by atoms with Crippen molar-refractivity contribution < 1.29 is 23.9 Å². The molecule has 33 heavy (non-hydrogen) atoms. The number of ether oxygens (including phenoxy) is 1. The molecule has 0 radical (unpaired) electrons. The predicted octanol–water partition coefficient (Wildman–Crippen LogP) is 5.99. The van der Waals surface area contributed by atoms with Crippen molar-refractivity contribution in [2.45, 2.75) is 38.8 Å². The molecule has 172 valence electrons. The van der Waals surface area contributed by atoms with Gasteiger partial charge in [-0.1, -0.05) is 62.2 Å². The van der Waals surface area contributed by atoms with Crippen LogP contribution in [0, 0.1) is 5.92 Å². The molecule has 0 N–H and O–H groups in total. The summed E-state index contributed by atoms with van der Waals surface area (Å²) < 4.78 is 7.02. The normalized spacial score (nSPS) is 16.6. The Kier molecular flexibility index (Phi) is 7.69. The molecule has 0 unspecified atom stereocenters. The Hall–Kier alpha value is -2.58. The Morgan fingerprint density at radius 2 is 1.45 bits per heavy atom. The van der Waals surface area contributed by atoms with E-state index in [-0.39, 0.29) is 18.0 Å². The zero-order valence-corrected chi connectivity index (χ0v) is 21.6. The Morgan fingerprint density at radius 3 is 1.97 bits per heavy atom. The van der Waals surface area contributed by atoms with Crippen LogP contribution in [-0.2, 0) is 9.53 Å². The van der Waals surface area contributed by atoms with Gasteiger partial charge in [-0.15, -0.1) is 0 Å². The van der Waals surface area contributed by atoms with Gasteiger partial charge >= 0.3 is 6.09 Å². The van der Waals surface area contributed by atoms with Crippen LogP contribution in [0.3, 0.4) is 0 Å². The van der Waals surface area contributed by atoms with Gasteiger partial charge in [0.2, 0.25) is 0 Å². The van der Waals surface area contributed by atoms with Crippen LogP contribution in [0.15, 0.2) is 69.6 Å². The summed E-state index contributed by atoms with van der Waals surface area (Å²) in [6.45, 7) is 5.07. The zero-order chi connectivity index (χ0) is 24.3. The molecule has 8 heteroatoms. The summed E-state index contributed by atoms with van der Waals surface area (Å²) in [7, 11) is 0. The minimum Gasteiger partial charge on any atom is -0.443 e. The van der Waals surface area contributed by atoms with Gasteiger partial charge in [0.1, 0.15) is 5.60 Å². The van der Waals surface area contributed by atoms with Crippen molar-refractivity contribution in [2.24, 2.45) is 5.92 Å². The van der Waals surface area contributed by atoms with Gasteiger partial charge in [0.15, 0.2) is 11.6 Å². The van der Waals surface area contributed by atoms with Gasteiger partial charge in [-0.05, 0) is 45.0 Å². The fourth-order valence-corrected chi connectivity index (χ4v) is 4.01. The number of nitrogens with zero attached hydrogens (tertiary/aromatic N) is 1. The first-order valence-corrected chi connectivity index (χ1v) is 11.9. The molecule has 2 amide bonds. The molecule has 2 atom stereocenters. The highest BCUT2D eigenvalue weighted by molar-refractivity contribution is 9.10. The van der Waals surface area contributed by atoms with Crippen LogP contribution in [0.1, 0.15) is 47.9 Å². The van der Waals surface area contributed by atoms with Crippen LogP contribution >= 0.6 is 31.9 Å². The summed E-state index contributed by atoms with van der Waals surface area (Å²) in [5.74, 6) is -2.17. The first-order chi connectivity index (χ1) is 15.5. The number of halogens is 2. The van der Waals surface area contributed by atoms with Crippen LogP contribution in [0.2, 0.25) is 0 Å². The third-order valence-corrected chi connectivity index (χ3v) is 6.07. The fraction of sp³-hybridized carbons (Fsp3) is 0.280. The van der Waals surface area contributed by atoms with Crippen molar-refractivity contribution in [3.05, 3.63) is 80.8 Å². The van der Waals surface area contributed by atoms with Gasteiger partial charge < -0.3 is 4.74 Å². The van der Waals surface area contributed by atoms with E-state index in [1.165, 1.54) is 12.2 Å². The second-order valence-corrected chi connectivity index (χ2v) is 10.5. The Labute approximate surface area is 209 Å². The molecule has 0 fully saturated rings. The molecule has 3 rings (SSSR count). The SMILES string of the molecule is CC(C)(C)OC(=O)N1C(=O)C=C[C@@H]1[C@@H](CC(=O)c1ccc(Br)cc1)C(=O)c1ccc(Br)cc1. The van der Waals surface area contributed by atoms with Gasteiger partial charge in [0.05, 0.1) is 12.0 Å². The lowest BCUT2D eigenvalue weighted by molar-refractivity contribution is -0.125. The predicted molar refractivity (Wildman–Crippen MR) is 131 cm³/mol. The number of hydrogen-bond donors (Lipinski definition) is 0. The van der Waals surface area contributed by atoms with E-state index in [0.717, 1.165) is 13.8 Å². The summed E-state index contributed by atoms with van der Waals surface area (Å²) in [4.78, 5) is 52.9. The average molecular weight is 577 g/mol. The summed E-state index contributed by atoms with van der Waals surface area (Å²) in [5.41, 5.74) is -0.0178. The molecular formula is C25H23Br2NO5. The highest BCUT2D eigenvalue weighted by Crippen LogP contribution is 2.29. The third-order valence-electron chi connectivity index (χ3n) is 5.01. The summed E-state index contributed by atoms with van der Waals surface area (Å²) >= 11 is 6.68. The van der Waals surface area contributed by atoms with Gasteiger partial charge in [-0.3, -0.25) is 14.4 Å². The molecule has 0 bridgehead atoms. The Balaban J connectivity index is 1.97. The van der Waals surface area contributed by atoms with Crippen molar-refractivity contribution in [1.82, 2.24) is 4.90 Å². The lowest BCUT2D eigenvalue weighted by Gasteiger charge is -2.31. The van der Waals surface area contributed by atoms with Crippen molar-refractivity contribution in [3.63, 3.8) is 0 Å². The highest BCUT2D eigenvalue weighted by Gasteiger charge is 2.42. The first-order valence-electron chi connectivity index (χ1n) is 10.3. The smallest absolute Gasteiger partial charge is 0.417 e. The molecule has 0 saturated heterocycles. The molecule has 0 spiro atoms. The summed E-state index contributed by atoms with van der Waals surface area (Å²) in [6, 6.07) is 12.6. The van der Waals surface area contributed by atoms with Crippen molar-refractivity contribution >= 4 is 55.4 Å². The van der Waals surface area contributed by atoms with Crippen molar-refractivity contribution in [3.8, 4) is 0 Å². The topological polar surface area (TPSA) is 80.8 Å². The number of hydrogen-bond acceptors (Lipinski definition) is 5. The number of ketones is 2. The molecule has 2 aromatic rings. The number of benzene rings is 2. The molecule has 0 saturated carbocycles. The van der Waals surface area contributed by atoms with Crippen molar-refractivity contribution in [1.29, 1.82) is 0 Å². The molecule has 1 aliphatic heterocycles. The van der Waals surface area contributed by atoms with Crippen LogP contribution in [0.25, 0.3) is 0 Å². The van der Waals surface area contributed by atoms with Crippen LogP contribution in [-0.4, -0.2) is 40.1 Å². The molecule has 0 aliphatic carbocycles. The summed E-state index contributed by atoms with van der Waals surface area (Å²) in [6.07, 6.45) is 1.69. The minimum atomic E-state index is -0.974. The van der Waals surface area contributed by atoms with Gasteiger partial charge in [0, 0.05) is 32.6 Å².